The standard InChI is InChI=1S/C70H50N2/c1-69(2)62-32-18-15-29-55(62)58-41-40-54(43-65(58)69)72(52-27-13-6-14-28-52)68-46-67-61(45-60(68)49-37-35-48(36-38-49)47-21-7-3-8-22-47)57-31-17-20-34-64(57)70(67)63-33-19-16-30-56(63)59-42-39-53(44-66(59)70)71(50-23-9-4-10-24-50)51-25-11-5-12-26-51/h3-46H,1-2H3. The summed E-state index contributed by atoms with van der Waals surface area (Å²) in [6.45, 7) is 4.76. The van der Waals surface area contributed by atoms with Gasteiger partial charge in [-0.15, -0.1) is 0 Å². The van der Waals surface area contributed by atoms with Crippen molar-refractivity contribution in [3.8, 4) is 55.6 Å². The Morgan fingerprint density at radius 3 is 1.21 bits per heavy atom. The maximum atomic E-state index is 2.57. The predicted octanol–water partition coefficient (Wildman–Crippen LogP) is 18.6. The van der Waals surface area contributed by atoms with Crippen molar-refractivity contribution in [1.82, 2.24) is 0 Å². The van der Waals surface area contributed by atoms with E-state index in [0.717, 1.165) is 39.7 Å². The van der Waals surface area contributed by atoms with Crippen LogP contribution in [-0.4, -0.2) is 0 Å². The van der Waals surface area contributed by atoms with Crippen molar-refractivity contribution in [3.05, 3.63) is 300 Å². The summed E-state index contributed by atoms with van der Waals surface area (Å²) in [7, 11) is 0. The molecule has 3 aliphatic rings. The van der Waals surface area contributed by atoms with Crippen molar-refractivity contribution < 1.29 is 0 Å². The fraction of sp³-hybridized carbons (Fsp3) is 0.0571. The molecule has 1 spiro atoms. The van der Waals surface area contributed by atoms with Crippen LogP contribution in [0.3, 0.4) is 0 Å². The average molecular weight is 919 g/mol. The monoisotopic (exact) mass is 918 g/mol. The van der Waals surface area contributed by atoms with E-state index in [0.29, 0.717) is 0 Å². The van der Waals surface area contributed by atoms with Crippen molar-refractivity contribution >= 4 is 34.1 Å². The molecule has 72 heavy (non-hydrogen) atoms. The van der Waals surface area contributed by atoms with Crippen LogP contribution in [0.2, 0.25) is 0 Å². The summed E-state index contributed by atoms with van der Waals surface area (Å²) in [6.07, 6.45) is 0. The summed E-state index contributed by atoms with van der Waals surface area (Å²) < 4.78 is 0. The molecule has 3 aliphatic carbocycles. The lowest BCUT2D eigenvalue weighted by atomic mass is 9.70. The highest BCUT2D eigenvalue weighted by atomic mass is 15.1. The van der Waals surface area contributed by atoms with E-state index in [1.807, 2.05) is 0 Å². The number of rotatable bonds is 8. The van der Waals surface area contributed by atoms with E-state index in [1.165, 1.54) is 83.5 Å². The largest absolute Gasteiger partial charge is 0.310 e. The molecule has 0 radical (unpaired) electrons. The summed E-state index contributed by atoms with van der Waals surface area (Å²) in [4.78, 5) is 4.93. The van der Waals surface area contributed by atoms with E-state index < -0.39 is 5.41 Å². The van der Waals surface area contributed by atoms with Crippen LogP contribution in [0, 0.1) is 0 Å². The van der Waals surface area contributed by atoms with Gasteiger partial charge >= 0.3 is 0 Å². The zero-order valence-corrected chi connectivity index (χ0v) is 40.3. The minimum atomic E-state index is -0.624. The van der Waals surface area contributed by atoms with Gasteiger partial charge in [0.25, 0.3) is 0 Å². The molecule has 1 atom stereocenters. The van der Waals surface area contributed by atoms with E-state index in [-0.39, 0.29) is 5.41 Å². The van der Waals surface area contributed by atoms with Crippen molar-refractivity contribution in [3.63, 3.8) is 0 Å². The Labute approximate surface area is 422 Å². The van der Waals surface area contributed by atoms with E-state index >= 15 is 0 Å². The van der Waals surface area contributed by atoms with Crippen molar-refractivity contribution in [2.45, 2.75) is 24.7 Å². The lowest BCUT2D eigenvalue weighted by Gasteiger charge is -2.34. The Hall–Kier alpha value is -8.98. The molecule has 0 amide bonds. The molecule has 0 bridgehead atoms. The lowest BCUT2D eigenvalue weighted by Crippen LogP contribution is -2.26. The van der Waals surface area contributed by atoms with Gasteiger partial charge in [-0.05, 0) is 156 Å². The molecule has 0 saturated carbocycles. The highest BCUT2D eigenvalue weighted by Gasteiger charge is 2.52. The smallest absolute Gasteiger partial charge is 0.0727 e. The second kappa shape index (κ2) is 16.3. The van der Waals surface area contributed by atoms with Crippen LogP contribution < -0.4 is 9.80 Å². The van der Waals surface area contributed by atoms with Gasteiger partial charge in [0.1, 0.15) is 0 Å². The van der Waals surface area contributed by atoms with Crippen LogP contribution >= 0.6 is 0 Å². The van der Waals surface area contributed by atoms with Crippen LogP contribution in [0.5, 0.6) is 0 Å². The molecule has 0 aliphatic heterocycles. The second-order valence-corrected chi connectivity index (χ2v) is 20.0. The molecule has 2 nitrogen and oxygen atoms in total. The van der Waals surface area contributed by atoms with Crippen molar-refractivity contribution in [2.24, 2.45) is 0 Å². The highest BCUT2D eigenvalue weighted by molar-refractivity contribution is 6.01. The number of benzene rings is 11. The number of anilines is 6. The fourth-order valence-electron chi connectivity index (χ4n) is 12.6. The van der Waals surface area contributed by atoms with Gasteiger partial charge in [0.05, 0.1) is 11.1 Å². The Morgan fingerprint density at radius 1 is 0.236 bits per heavy atom. The second-order valence-electron chi connectivity index (χ2n) is 20.0. The van der Waals surface area contributed by atoms with Crippen LogP contribution in [0.4, 0.5) is 34.1 Å². The van der Waals surface area contributed by atoms with Gasteiger partial charge in [0.15, 0.2) is 0 Å². The van der Waals surface area contributed by atoms with Gasteiger partial charge in [0.2, 0.25) is 0 Å². The average Bonchev–Trinajstić information content (AvgIpc) is 3.99. The Morgan fingerprint density at radius 2 is 0.625 bits per heavy atom. The van der Waals surface area contributed by atoms with E-state index in [9.17, 15) is 0 Å². The topological polar surface area (TPSA) is 6.48 Å². The van der Waals surface area contributed by atoms with E-state index in [4.69, 9.17) is 0 Å². The molecule has 340 valence electrons. The summed E-state index contributed by atoms with van der Waals surface area (Å²) in [5.74, 6) is 0. The van der Waals surface area contributed by atoms with Crippen LogP contribution in [-0.2, 0) is 10.8 Å². The molecule has 0 fully saturated rings. The molecule has 11 aromatic rings. The number of para-hydroxylation sites is 3. The fourth-order valence-corrected chi connectivity index (χ4v) is 12.6. The van der Waals surface area contributed by atoms with Gasteiger partial charge in [-0.1, -0.05) is 208 Å². The Kier molecular flexibility index (Phi) is 9.50. The third kappa shape index (κ3) is 6.22. The van der Waals surface area contributed by atoms with Crippen LogP contribution in [0.25, 0.3) is 55.6 Å². The predicted molar refractivity (Wildman–Crippen MR) is 301 cm³/mol. The molecule has 2 heteroatoms. The number of hydrogen-bond donors (Lipinski definition) is 0. The third-order valence-electron chi connectivity index (χ3n) is 15.9. The number of hydrogen-bond acceptors (Lipinski definition) is 2. The number of fused-ring (bicyclic) bond motifs is 13. The zero-order valence-electron chi connectivity index (χ0n) is 40.3. The summed E-state index contributed by atoms with van der Waals surface area (Å²) in [5.41, 5.74) is 26.2. The first-order valence-corrected chi connectivity index (χ1v) is 25.2. The molecule has 14 rings (SSSR count). The molecule has 0 saturated heterocycles. The normalized spacial score (nSPS) is 15.0. The first-order valence-electron chi connectivity index (χ1n) is 25.2. The molecule has 1 unspecified atom stereocenters. The van der Waals surface area contributed by atoms with Crippen LogP contribution in [0.15, 0.2) is 267 Å². The van der Waals surface area contributed by atoms with E-state index in [2.05, 4.69) is 291 Å². The van der Waals surface area contributed by atoms with Gasteiger partial charge in [-0.2, -0.15) is 0 Å². The maximum Gasteiger partial charge on any atom is 0.0727 e. The first-order chi connectivity index (χ1) is 35.5. The van der Waals surface area contributed by atoms with Gasteiger partial charge in [-0.3, -0.25) is 0 Å². The number of nitrogens with zero attached hydrogens (tertiary/aromatic N) is 2. The molecule has 0 heterocycles. The lowest BCUT2D eigenvalue weighted by molar-refractivity contribution is 0.660. The molecule has 11 aromatic carbocycles. The summed E-state index contributed by atoms with van der Waals surface area (Å²) in [5, 5.41) is 0. The summed E-state index contributed by atoms with van der Waals surface area (Å²) in [6, 6.07) is 99.2. The quantitative estimate of drug-likeness (QED) is 0.150. The maximum absolute atomic E-state index is 2.57. The Bertz CT molecular complexity index is 3840. The zero-order chi connectivity index (χ0) is 48.0. The molecular formula is C70H50N2. The molecular weight excluding hydrogens is 869 g/mol. The minimum absolute atomic E-state index is 0.174. The van der Waals surface area contributed by atoms with Crippen LogP contribution in [0.1, 0.15) is 47.2 Å². The van der Waals surface area contributed by atoms with Gasteiger partial charge in [-0.25, -0.2) is 0 Å². The van der Waals surface area contributed by atoms with Gasteiger partial charge < -0.3 is 9.80 Å². The van der Waals surface area contributed by atoms with Crippen molar-refractivity contribution in [2.75, 3.05) is 9.80 Å². The Balaban J connectivity index is 1.06. The molecule has 0 aromatic heterocycles. The SMILES string of the molecule is CC1(C)c2ccccc2-c2ccc(N(c3ccccc3)c3cc4c(cc3-c3ccc(-c5ccccc5)cc3)-c3ccccc3C43c4ccccc4-c4ccc(N(c5ccccc5)c5ccccc5)cc43)cc21. The third-order valence-corrected chi connectivity index (χ3v) is 15.9. The minimum Gasteiger partial charge on any atom is -0.310 e. The van der Waals surface area contributed by atoms with E-state index in [1.54, 1.807) is 0 Å². The highest BCUT2D eigenvalue weighted by Crippen LogP contribution is 2.65. The van der Waals surface area contributed by atoms with Gasteiger partial charge in [0, 0.05) is 39.4 Å². The molecule has 0 N–H and O–H groups in total. The first kappa shape index (κ1) is 41.9. The van der Waals surface area contributed by atoms with Crippen molar-refractivity contribution in [1.29, 1.82) is 0 Å². The summed E-state index contributed by atoms with van der Waals surface area (Å²) >= 11 is 0.